The van der Waals surface area contributed by atoms with Crippen LogP contribution >= 0.6 is 12.6 Å². The molecule has 0 fully saturated rings. The molecule has 0 radical (unpaired) electrons. The van der Waals surface area contributed by atoms with Crippen molar-refractivity contribution in [2.75, 3.05) is 11.9 Å². The van der Waals surface area contributed by atoms with Gasteiger partial charge in [-0.05, 0) is 53.9 Å². The fourth-order valence-corrected chi connectivity index (χ4v) is 4.13. The zero-order chi connectivity index (χ0) is 18.0. The molecular weight excluding hydrogens is 333 g/mol. The Morgan fingerprint density at radius 3 is 2.64 bits per heavy atom. The zero-order valence-electron chi connectivity index (χ0n) is 14.7. The van der Waals surface area contributed by atoms with E-state index in [1.807, 2.05) is 24.3 Å². The van der Waals surface area contributed by atoms with Gasteiger partial charge >= 0.3 is 0 Å². The molecule has 0 saturated carbocycles. The molecule has 4 heteroatoms. The molecule has 1 aliphatic rings. The molecule has 25 heavy (non-hydrogen) atoms. The predicted molar refractivity (Wildman–Crippen MR) is 104 cm³/mol. The summed E-state index contributed by atoms with van der Waals surface area (Å²) in [6.45, 7) is 4.45. The number of anilines is 1. The summed E-state index contributed by atoms with van der Waals surface area (Å²) < 4.78 is 14.5. The highest BCUT2D eigenvalue weighted by atomic mass is 32.1. The van der Waals surface area contributed by atoms with Crippen LogP contribution in [0, 0.1) is 17.7 Å². The Bertz CT molecular complexity index is 721. The normalized spacial score (nSPS) is 23.6. The second kappa shape index (κ2) is 7.79. The molecule has 2 N–H and O–H groups in total. The second-order valence-electron chi connectivity index (χ2n) is 7.24. The number of hydrogen-bond acceptors (Lipinski definition) is 3. The first-order valence-electron chi connectivity index (χ1n) is 8.96. The van der Waals surface area contributed by atoms with Crippen LogP contribution in [0.2, 0.25) is 0 Å². The predicted octanol–water partition coefficient (Wildman–Crippen LogP) is 5.41. The standard InChI is InChI=1S/C21H26FNOS/c1-13(12-24)8-9-17-14(2)18-10-16(25)11-19(22)21(18)23-20(17)15-6-4-3-5-7-15/h3-7,10-11,13-14,17,20,23-25H,8-9,12H2,1-2H3. The molecule has 4 atom stereocenters. The van der Waals surface area contributed by atoms with E-state index in [0.29, 0.717) is 16.5 Å². The monoisotopic (exact) mass is 359 g/mol. The summed E-state index contributed by atoms with van der Waals surface area (Å²) in [5.41, 5.74) is 2.78. The highest BCUT2D eigenvalue weighted by molar-refractivity contribution is 7.80. The Balaban J connectivity index is 1.99. The Morgan fingerprint density at radius 1 is 1.24 bits per heavy atom. The van der Waals surface area contributed by atoms with Crippen LogP contribution in [0.4, 0.5) is 10.1 Å². The molecule has 1 heterocycles. The molecule has 0 bridgehead atoms. The van der Waals surface area contributed by atoms with Gasteiger partial charge in [0.05, 0.1) is 11.7 Å². The third-order valence-electron chi connectivity index (χ3n) is 5.43. The summed E-state index contributed by atoms with van der Waals surface area (Å²) in [6, 6.07) is 13.8. The molecule has 2 nitrogen and oxygen atoms in total. The van der Waals surface area contributed by atoms with E-state index in [2.05, 4.69) is 43.9 Å². The molecule has 4 unspecified atom stereocenters. The lowest BCUT2D eigenvalue weighted by atomic mass is 9.73. The summed E-state index contributed by atoms with van der Waals surface area (Å²) in [4.78, 5) is 0.658. The number of halogens is 1. The lowest BCUT2D eigenvalue weighted by molar-refractivity contribution is 0.213. The highest BCUT2D eigenvalue weighted by Gasteiger charge is 2.36. The first-order valence-corrected chi connectivity index (χ1v) is 9.40. The van der Waals surface area contributed by atoms with Crippen molar-refractivity contribution in [1.82, 2.24) is 0 Å². The van der Waals surface area contributed by atoms with Crippen LogP contribution in [0.3, 0.4) is 0 Å². The summed E-state index contributed by atoms with van der Waals surface area (Å²) in [5.74, 6) is 0.586. The van der Waals surface area contributed by atoms with Crippen molar-refractivity contribution in [2.45, 2.75) is 43.5 Å². The van der Waals surface area contributed by atoms with Crippen molar-refractivity contribution in [3.8, 4) is 0 Å². The van der Waals surface area contributed by atoms with Gasteiger partial charge in [0.1, 0.15) is 5.82 Å². The molecule has 1 aliphatic heterocycles. The van der Waals surface area contributed by atoms with Gasteiger partial charge in [0, 0.05) is 11.5 Å². The summed E-state index contributed by atoms with van der Waals surface area (Å²) in [6.07, 6.45) is 1.93. The average molecular weight is 360 g/mol. The van der Waals surface area contributed by atoms with Gasteiger partial charge in [-0.15, -0.1) is 12.6 Å². The van der Waals surface area contributed by atoms with Gasteiger partial charge in [0.2, 0.25) is 0 Å². The molecule has 0 aliphatic carbocycles. The van der Waals surface area contributed by atoms with Gasteiger partial charge in [-0.1, -0.05) is 44.2 Å². The van der Waals surface area contributed by atoms with Crippen LogP contribution in [0.15, 0.2) is 47.4 Å². The maximum atomic E-state index is 14.5. The number of nitrogens with one attached hydrogen (secondary N) is 1. The topological polar surface area (TPSA) is 32.3 Å². The molecule has 2 aromatic rings. The van der Waals surface area contributed by atoms with E-state index in [0.717, 1.165) is 18.4 Å². The minimum Gasteiger partial charge on any atom is -0.396 e. The van der Waals surface area contributed by atoms with Gasteiger partial charge in [-0.2, -0.15) is 0 Å². The Morgan fingerprint density at radius 2 is 1.96 bits per heavy atom. The van der Waals surface area contributed by atoms with Crippen molar-refractivity contribution >= 4 is 18.3 Å². The number of thiol groups is 1. The van der Waals surface area contributed by atoms with Crippen molar-refractivity contribution < 1.29 is 9.50 Å². The lowest BCUT2D eigenvalue weighted by Crippen LogP contribution is -2.31. The third-order valence-corrected chi connectivity index (χ3v) is 5.69. The van der Waals surface area contributed by atoms with Crippen molar-refractivity contribution in [1.29, 1.82) is 0 Å². The summed E-state index contributed by atoms with van der Waals surface area (Å²) in [7, 11) is 0. The average Bonchev–Trinajstić information content (AvgIpc) is 2.61. The van der Waals surface area contributed by atoms with Crippen LogP contribution in [0.5, 0.6) is 0 Å². The minimum absolute atomic E-state index is 0.0647. The van der Waals surface area contributed by atoms with Gasteiger partial charge in [-0.3, -0.25) is 0 Å². The van der Waals surface area contributed by atoms with Crippen molar-refractivity contribution in [3.63, 3.8) is 0 Å². The lowest BCUT2D eigenvalue weighted by Gasteiger charge is -2.40. The maximum Gasteiger partial charge on any atom is 0.147 e. The third kappa shape index (κ3) is 3.85. The molecule has 0 spiro atoms. The number of benzene rings is 2. The molecular formula is C21H26FNOS. The molecule has 134 valence electrons. The number of rotatable bonds is 5. The fraction of sp³-hybridized carbons (Fsp3) is 0.429. The SMILES string of the molecule is CC(CO)CCC1C(C)c2cc(S)cc(F)c2NC1c1ccccc1. The number of aliphatic hydroxyl groups is 1. The van der Waals surface area contributed by atoms with Crippen LogP contribution in [-0.4, -0.2) is 11.7 Å². The van der Waals surface area contributed by atoms with E-state index < -0.39 is 0 Å². The molecule has 2 aromatic carbocycles. The van der Waals surface area contributed by atoms with E-state index in [-0.39, 0.29) is 30.3 Å². The maximum absolute atomic E-state index is 14.5. The van der Waals surface area contributed by atoms with Crippen LogP contribution in [0.1, 0.15) is 49.8 Å². The number of aliphatic hydroxyl groups excluding tert-OH is 1. The molecule has 3 rings (SSSR count). The van der Waals surface area contributed by atoms with E-state index in [4.69, 9.17) is 0 Å². The fourth-order valence-electron chi connectivity index (χ4n) is 3.88. The van der Waals surface area contributed by atoms with Gasteiger partial charge < -0.3 is 10.4 Å². The first-order chi connectivity index (χ1) is 12.0. The Kier molecular flexibility index (Phi) is 5.70. The first kappa shape index (κ1) is 18.3. The largest absolute Gasteiger partial charge is 0.396 e. The van der Waals surface area contributed by atoms with Gasteiger partial charge in [0.25, 0.3) is 0 Å². The van der Waals surface area contributed by atoms with Gasteiger partial charge in [0.15, 0.2) is 0 Å². The van der Waals surface area contributed by atoms with E-state index >= 15 is 0 Å². The number of fused-ring (bicyclic) bond motifs is 1. The smallest absolute Gasteiger partial charge is 0.147 e. The number of hydrogen-bond donors (Lipinski definition) is 3. The molecule has 0 amide bonds. The second-order valence-corrected chi connectivity index (χ2v) is 7.76. The minimum atomic E-state index is -0.238. The van der Waals surface area contributed by atoms with Crippen LogP contribution < -0.4 is 5.32 Å². The summed E-state index contributed by atoms with van der Waals surface area (Å²) in [5, 5.41) is 12.8. The van der Waals surface area contributed by atoms with Crippen molar-refractivity contribution in [3.05, 3.63) is 59.4 Å². The van der Waals surface area contributed by atoms with Gasteiger partial charge in [-0.25, -0.2) is 4.39 Å². The molecule has 0 aromatic heterocycles. The van der Waals surface area contributed by atoms with Crippen LogP contribution in [0.25, 0.3) is 0 Å². The van der Waals surface area contributed by atoms with Crippen molar-refractivity contribution in [2.24, 2.45) is 11.8 Å². The quantitative estimate of drug-likeness (QED) is 0.624. The van der Waals surface area contributed by atoms with E-state index in [1.165, 1.54) is 11.6 Å². The van der Waals surface area contributed by atoms with E-state index in [1.54, 1.807) is 0 Å². The summed E-state index contributed by atoms with van der Waals surface area (Å²) >= 11 is 4.35. The highest BCUT2D eigenvalue weighted by Crippen LogP contribution is 2.48. The Hall–Kier alpha value is -1.52. The van der Waals surface area contributed by atoms with E-state index in [9.17, 15) is 9.50 Å². The van der Waals surface area contributed by atoms with Crippen LogP contribution in [-0.2, 0) is 0 Å². The molecule has 0 saturated heterocycles. The Labute approximate surface area is 154 Å². The zero-order valence-corrected chi connectivity index (χ0v) is 15.6.